The van der Waals surface area contributed by atoms with Gasteiger partial charge in [-0.05, 0) is 35.0 Å². The van der Waals surface area contributed by atoms with Crippen molar-refractivity contribution in [2.24, 2.45) is 0 Å². The minimum absolute atomic E-state index is 0.0735. The Labute approximate surface area is 182 Å². The number of carbonyl (C=O) groups is 1. The minimum atomic E-state index is 0.0735. The van der Waals surface area contributed by atoms with E-state index in [2.05, 4.69) is 19.9 Å². The molecule has 1 amide bonds. The topological polar surface area (TPSA) is 88.2 Å². The molecule has 3 aromatic heterocycles. The maximum atomic E-state index is 12.7. The molecule has 7 nitrogen and oxygen atoms in total. The predicted molar refractivity (Wildman–Crippen MR) is 119 cm³/mol. The number of thiophene rings is 1. The second-order valence-electron chi connectivity index (χ2n) is 7.36. The van der Waals surface area contributed by atoms with Crippen LogP contribution in [0.1, 0.15) is 11.5 Å². The number of carbonyl (C=O) groups excluding carboxylic acids is 1. The molecule has 0 atom stereocenters. The lowest BCUT2D eigenvalue weighted by molar-refractivity contribution is -0.137. The van der Waals surface area contributed by atoms with Crippen molar-refractivity contribution in [3.05, 3.63) is 58.4 Å². The molecule has 5 rings (SSSR count). The van der Waals surface area contributed by atoms with Gasteiger partial charge in [0.05, 0.1) is 30.7 Å². The number of nitrogens with two attached hydrogens (primary N) is 1. The van der Waals surface area contributed by atoms with Crippen molar-refractivity contribution in [1.82, 2.24) is 24.8 Å². The standard InChI is InChI=1S/C21H19ClN6OS/c22-15-2-1-13-8-16(24-9-14(13)7-15)10-28-5-4-27(12-19(28)29)11-18-25-20(23)17-3-6-30-21(17)26-18/h1-3,6-9H,4-5,10-12H2,(H2,23,25,26). The number of nitrogen functional groups attached to an aromatic ring is 1. The quantitative estimate of drug-likeness (QED) is 0.525. The predicted octanol–water partition coefficient (Wildman–Crippen LogP) is 3.32. The summed E-state index contributed by atoms with van der Waals surface area (Å²) in [5.41, 5.74) is 6.90. The van der Waals surface area contributed by atoms with Gasteiger partial charge in [0, 0.05) is 29.7 Å². The molecule has 0 saturated carbocycles. The molecule has 1 fully saturated rings. The molecule has 0 bridgehead atoms. The van der Waals surface area contributed by atoms with Crippen LogP contribution in [0.3, 0.4) is 0 Å². The third-order valence-electron chi connectivity index (χ3n) is 5.26. The van der Waals surface area contributed by atoms with Crippen LogP contribution in [0.25, 0.3) is 21.0 Å². The molecule has 2 N–H and O–H groups in total. The van der Waals surface area contributed by atoms with Crippen LogP contribution in [0.15, 0.2) is 41.9 Å². The number of nitrogens with zero attached hydrogens (tertiary/aromatic N) is 5. The Morgan fingerprint density at radius 3 is 2.87 bits per heavy atom. The van der Waals surface area contributed by atoms with Crippen LogP contribution in [-0.4, -0.2) is 50.3 Å². The van der Waals surface area contributed by atoms with E-state index in [4.69, 9.17) is 17.3 Å². The van der Waals surface area contributed by atoms with E-state index in [1.807, 2.05) is 40.6 Å². The Morgan fingerprint density at radius 1 is 1.10 bits per heavy atom. The molecule has 9 heteroatoms. The number of amides is 1. The molecule has 1 aromatic carbocycles. The second-order valence-corrected chi connectivity index (χ2v) is 8.69. The first-order valence-corrected chi connectivity index (χ1v) is 10.8. The largest absolute Gasteiger partial charge is 0.383 e. The number of hydrogen-bond acceptors (Lipinski definition) is 7. The molecular formula is C21H19ClN6OS. The van der Waals surface area contributed by atoms with E-state index in [-0.39, 0.29) is 5.91 Å². The number of halogens is 1. The van der Waals surface area contributed by atoms with E-state index < -0.39 is 0 Å². The Kier molecular flexibility index (Phi) is 4.98. The van der Waals surface area contributed by atoms with Crippen molar-refractivity contribution >= 4 is 55.7 Å². The normalized spacial score (nSPS) is 15.4. The molecule has 1 saturated heterocycles. The van der Waals surface area contributed by atoms with Crippen molar-refractivity contribution < 1.29 is 4.79 Å². The second kappa shape index (κ2) is 7.79. The number of benzene rings is 1. The average Bonchev–Trinajstić information content (AvgIpc) is 3.19. The highest BCUT2D eigenvalue weighted by Gasteiger charge is 2.25. The minimum Gasteiger partial charge on any atom is -0.383 e. The zero-order valence-electron chi connectivity index (χ0n) is 16.1. The van der Waals surface area contributed by atoms with Crippen molar-refractivity contribution in [1.29, 1.82) is 0 Å². The first-order valence-electron chi connectivity index (χ1n) is 9.59. The van der Waals surface area contributed by atoms with Crippen LogP contribution in [0, 0.1) is 0 Å². The molecule has 0 aliphatic carbocycles. The summed E-state index contributed by atoms with van der Waals surface area (Å²) in [5, 5.41) is 5.58. The van der Waals surface area contributed by atoms with Gasteiger partial charge in [0.15, 0.2) is 0 Å². The van der Waals surface area contributed by atoms with E-state index in [0.29, 0.717) is 42.8 Å². The molecule has 1 aliphatic rings. The zero-order valence-corrected chi connectivity index (χ0v) is 17.7. The molecule has 30 heavy (non-hydrogen) atoms. The van der Waals surface area contributed by atoms with Crippen LogP contribution < -0.4 is 5.73 Å². The monoisotopic (exact) mass is 438 g/mol. The highest BCUT2D eigenvalue weighted by molar-refractivity contribution is 7.16. The Balaban J connectivity index is 1.25. The number of rotatable bonds is 4. The van der Waals surface area contributed by atoms with Gasteiger partial charge in [-0.1, -0.05) is 17.7 Å². The summed E-state index contributed by atoms with van der Waals surface area (Å²) >= 11 is 7.58. The summed E-state index contributed by atoms with van der Waals surface area (Å²) in [5.74, 6) is 1.22. The van der Waals surface area contributed by atoms with E-state index in [1.165, 1.54) is 0 Å². The first-order chi connectivity index (χ1) is 14.5. The summed E-state index contributed by atoms with van der Waals surface area (Å²) in [6.07, 6.45) is 1.81. The van der Waals surface area contributed by atoms with Crippen LogP contribution in [0.4, 0.5) is 5.82 Å². The highest BCUT2D eigenvalue weighted by Crippen LogP contribution is 2.24. The summed E-state index contributed by atoms with van der Waals surface area (Å²) in [6, 6.07) is 9.66. The Morgan fingerprint density at radius 2 is 2.00 bits per heavy atom. The first kappa shape index (κ1) is 19.2. The number of anilines is 1. The van der Waals surface area contributed by atoms with Gasteiger partial charge in [-0.2, -0.15) is 0 Å². The zero-order chi connectivity index (χ0) is 20.7. The van der Waals surface area contributed by atoms with Crippen molar-refractivity contribution in [3.8, 4) is 0 Å². The molecular weight excluding hydrogens is 420 g/mol. The van der Waals surface area contributed by atoms with Crippen LogP contribution in [-0.2, 0) is 17.9 Å². The summed E-state index contributed by atoms with van der Waals surface area (Å²) in [7, 11) is 0. The average molecular weight is 439 g/mol. The molecule has 4 heterocycles. The fourth-order valence-electron chi connectivity index (χ4n) is 3.69. The lowest BCUT2D eigenvalue weighted by atomic mass is 10.1. The van der Waals surface area contributed by atoms with Crippen molar-refractivity contribution in [2.75, 3.05) is 25.4 Å². The van der Waals surface area contributed by atoms with Gasteiger partial charge in [-0.25, -0.2) is 9.97 Å². The number of pyridine rings is 1. The van der Waals surface area contributed by atoms with Crippen LogP contribution >= 0.6 is 22.9 Å². The van der Waals surface area contributed by atoms with Crippen LogP contribution in [0.5, 0.6) is 0 Å². The number of piperazine rings is 1. The van der Waals surface area contributed by atoms with E-state index in [9.17, 15) is 4.79 Å². The summed E-state index contributed by atoms with van der Waals surface area (Å²) in [6.45, 7) is 2.72. The van der Waals surface area contributed by atoms with Gasteiger partial charge < -0.3 is 10.6 Å². The smallest absolute Gasteiger partial charge is 0.237 e. The SMILES string of the molecule is Nc1nc(CN2CCN(Cc3cc4ccc(Cl)cc4cn3)C(=O)C2)nc2sccc12. The van der Waals surface area contributed by atoms with Gasteiger partial charge in [-0.15, -0.1) is 11.3 Å². The molecule has 0 radical (unpaired) electrons. The fraction of sp³-hybridized carbons (Fsp3) is 0.238. The van der Waals surface area contributed by atoms with E-state index in [0.717, 1.165) is 33.2 Å². The van der Waals surface area contributed by atoms with E-state index >= 15 is 0 Å². The van der Waals surface area contributed by atoms with Gasteiger partial charge in [-0.3, -0.25) is 14.7 Å². The van der Waals surface area contributed by atoms with Crippen LogP contribution in [0.2, 0.25) is 5.02 Å². The van der Waals surface area contributed by atoms with Gasteiger partial charge in [0.1, 0.15) is 16.5 Å². The van der Waals surface area contributed by atoms with Gasteiger partial charge >= 0.3 is 0 Å². The number of aromatic nitrogens is 3. The maximum Gasteiger partial charge on any atom is 0.237 e. The van der Waals surface area contributed by atoms with Gasteiger partial charge in [0.25, 0.3) is 0 Å². The molecule has 152 valence electrons. The van der Waals surface area contributed by atoms with Crippen molar-refractivity contribution in [2.45, 2.75) is 13.1 Å². The fourth-order valence-corrected chi connectivity index (χ4v) is 4.67. The third kappa shape index (κ3) is 3.81. The molecule has 0 spiro atoms. The summed E-state index contributed by atoms with van der Waals surface area (Å²) < 4.78 is 0. The highest BCUT2D eigenvalue weighted by atomic mass is 35.5. The van der Waals surface area contributed by atoms with Gasteiger partial charge in [0.2, 0.25) is 5.91 Å². The molecule has 4 aromatic rings. The summed E-state index contributed by atoms with van der Waals surface area (Å²) in [4.78, 5) is 31.0. The Hall–Kier alpha value is -2.81. The lowest BCUT2D eigenvalue weighted by Crippen LogP contribution is -2.49. The Bertz CT molecular complexity index is 1260. The number of hydrogen-bond donors (Lipinski definition) is 1. The van der Waals surface area contributed by atoms with E-state index in [1.54, 1.807) is 17.5 Å². The lowest BCUT2D eigenvalue weighted by Gasteiger charge is -2.33. The maximum absolute atomic E-state index is 12.7. The molecule has 1 aliphatic heterocycles. The van der Waals surface area contributed by atoms with Crippen molar-refractivity contribution in [3.63, 3.8) is 0 Å². The third-order valence-corrected chi connectivity index (χ3v) is 6.30. The molecule has 0 unspecified atom stereocenters. The number of fused-ring (bicyclic) bond motifs is 2.